The Kier molecular flexibility index (Phi) is 2.86. The lowest BCUT2D eigenvalue weighted by molar-refractivity contribution is 0.165. The van der Waals surface area contributed by atoms with Crippen LogP contribution in [0.5, 0.6) is 0 Å². The van der Waals surface area contributed by atoms with Gasteiger partial charge in [-0.1, -0.05) is 0 Å². The van der Waals surface area contributed by atoms with Gasteiger partial charge in [0.15, 0.2) is 0 Å². The molecule has 3 nitrogen and oxygen atoms in total. The van der Waals surface area contributed by atoms with Crippen molar-refractivity contribution in [3.8, 4) is 6.07 Å². The third kappa shape index (κ3) is 2.18. The fourth-order valence-corrected chi connectivity index (χ4v) is 1.41. The van der Waals surface area contributed by atoms with Gasteiger partial charge in [-0.05, 0) is 13.8 Å². The van der Waals surface area contributed by atoms with Crippen LogP contribution in [0.1, 0.15) is 13.8 Å². The minimum absolute atomic E-state index is 0.505. The van der Waals surface area contributed by atoms with Crippen molar-refractivity contribution in [2.75, 3.05) is 19.6 Å². The van der Waals surface area contributed by atoms with Crippen molar-refractivity contribution in [3.05, 3.63) is 0 Å². The van der Waals surface area contributed by atoms with Crippen LogP contribution in [-0.4, -0.2) is 36.6 Å². The molecule has 0 aromatic rings. The quantitative estimate of drug-likeness (QED) is 0.547. The summed E-state index contributed by atoms with van der Waals surface area (Å²) < 4.78 is 0. The largest absolute Gasteiger partial charge is 0.311 e. The van der Waals surface area contributed by atoms with E-state index >= 15 is 0 Å². The molecule has 1 N–H and O–H groups in total. The van der Waals surface area contributed by atoms with Gasteiger partial charge in [-0.2, -0.15) is 5.26 Å². The van der Waals surface area contributed by atoms with E-state index in [1.807, 2.05) is 0 Å². The van der Waals surface area contributed by atoms with E-state index in [0.717, 1.165) is 13.1 Å². The summed E-state index contributed by atoms with van der Waals surface area (Å²) >= 11 is 0. The standard InChI is InChI=1S/C8H15N3/c1-7-6-11(4-3-9)8(2)5-10-7/h7-8,10H,4-6H2,1-2H3. The highest BCUT2D eigenvalue weighted by Gasteiger charge is 2.21. The van der Waals surface area contributed by atoms with Crippen molar-refractivity contribution in [1.29, 1.82) is 5.26 Å². The molecule has 2 unspecified atom stereocenters. The van der Waals surface area contributed by atoms with Crippen molar-refractivity contribution in [1.82, 2.24) is 10.2 Å². The Labute approximate surface area is 68.0 Å². The van der Waals surface area contributed by atoms with E-state index < -0.39 is 0 Å². The summed E-state index contributed by atoms with van der Waals surface area (Å²) in [4.78, 5) is 2.21. The van der Waals surface area contributed by atoms with Gasteiger partial charge < -0.3 is 5.32 Å². The van der Waals surface area contributed by atoms with E-state index in [-0.39, 0.29) is 0 Å². The number of nitrogens with one attached hydrogen (secondary N) is 1. The topological polar surface area (TPSA) is 39.1 Å². The second-order valence-corrected chi connectivity index (χ2v) is 3.25. The van der Waals surface area contributed by atoms with Crippen LogP contribution in [0, 0.1) is 11.3 Å². The molecule has 0 aliphatic carbocycles. The Morgan fingerprint density at radius 2 is 2.36 bits per heavy atom. The molecule has 1 aliphatic heterocycles. The molecule has 0 saturated carbocycles. The molecule has 1 fully saturated rings. The minimum Gasteiger partial charge on any atom is -0.311 e. The molecule has 1 heterocycles. The summed E-state index contributed by atoms with van der Waals surface area (Å²) in [6.07, 6.45) is 0. The van der Waals surface area contributed by atoms with Crippen molar-refractivity contribution in [3.63, 3.8) is 0 Å². The number of hydrogen-bond donors (Lipinski definition) is 1. The van der Waals surface area contributed by atoms with Gasteiger partial charge in [0.1, 0.15) is 0 Å². The maximum absolute atomic E-state index is 8.51. The molecule has 0 aromatic carbocycles. The Bertz CT molecular complexity index is 161. The zero-order chi connectivity index (χ0) is 8.27. The molecule has 11 heavy (non-hydrogen) atoms. The Balaban J connectivity index is 2.42. The number of piperazine rings is 1. The number of nitriles is 1. The molecular weight excluding hydrogens is 138 g/mol. The van der Waals surface area contributed by atoms with Crippen LogP contribution < -0.4 is 5.32 Å². The zero-order valence-electron chi connectivity index (χ0n) is 7.17. The predicted molar refractivity (Wildman–Crippen MR) is 44.1 cm³/mol. The van der Waals surface area contributed by atoms with Crippen LogP contribution >= 0.6 is 0 Å². The van der Waals surface area contributed by atoms with E-state index in [4.69, 9.17) is 5.26 Å². The lowest BCUT2D eigenvalue weighted by Gasteiger charge is -2.35. The van der Waals surface area contributed by atoms with Crippen molar-refractivity contribution in [2.24, 2.45) is 0 Å². The van der Waals surface area contributed by atoms with Gasteiger partial charge in [-0.15, -0.1) is 0 Å². The molecular formula is C8H15N3. The molecule has 1 rings (SSSR count). The second-order valence-electron chi connectivity index (χ2n) is 3.25. The van der Waals surface area contributed by atoms with Gasteiger partial charge in [-0.3, -0.25) is 4.90 Å². The summed E-state index contributed by atoms with van der Waals surface area (Å²) in [5.41, 5.74) is 0. The molecule has 1 aliphatic rings. The second kappa shape index (κ2) is 3.70. The Morgan fingerprint density at radius 1 is 1.64 bits per heavy atom. The van der Waals surface area contributed by atoms with E-state index in [1.54, 1.807) is 0 Å². The van der Waals surface area contributed by atoms with Crippen molar-refractivity contribution < 1.29 is 0 Å². The van der Waals surface area contributed by atoms with Gasteiger partial charge in [0.2, 0.25) is 0 Å². The van der Waals surface area contributed by atoms with Crippen molar-refractivity contribution in [2.45, 2.75) is 25.9 Å². The highest BCUT2D eigenvalue weighted by molar-refractivity contribution is 4.87. The molecule has 0 bridgehead atoms. The van der Waals surface area contributed by atoms with Gasteiger partial charge in [0.05, 0.1) is 12.6 Å². The van der Waals surface area contributed by atoms with E-state index in [2.05, 4.69) is 30.1 Å². The van der Waals surface area contributed by atoms with Crippen molar-refractivity contribution >= 4 is 0 Å². The third-order valence-electron chi connectivity index (χ3n) is 2.17. The lowest BCUT2D eigenvalue weighted by atomic mass is 10.1. The molecule has 2 atom stereocenters. The van der Waals surface area contributed by atoms with E-state index in [0.29, 0.717) is 18.6 Å². The number of hydrogen-bond acceptors (Lipinski definition) is 3. The normalized spacial score (nSPS) is 33.2. The summed E-state index contributed by atoms with van der Waals surface area (Å²) in [6, 6.07) is 3.22. The fraction of sp³-hybridized carbons (Fsp3) is 0.875. The van der Waals surface area contributed by atoms with Gasteiger partial charge in [-0.25, -0.2) is 0 Å². The highest BCUT2D eigenvalue weighted by Crippen LogP contribution is 2.04. The van der Waals surface area contributed by atoms with Gasteiger partial charge in [0.25, 0.3) is 0 Å². The molecule has 3 heteroatoms. The van der Waals surface area contributed by atoms with E-state index in [1.165, 1.54) is 0 Å². The maximum atomic E-state index is 8.51. The molecule has 0 radical (unpaired) electrons. The molecule has 62 valence electrons. The summed E-state index contributed by atoms with van der Waals surface area (Å²) in [7, 11) is 0. The number of nitrogens with zero attached hydrogens (tertiary/aromatic N) is 2. The summed E-state index contributed by atoms with van der Waals surface area (Å²) in [6.45, 7) is 6.86. The molecule has 0 spiro atoms. The zero-order valence-corrected chi connectivity index (χ0v) is 7.17. The minimum atomic E-state index is 0.505. The Hall–Kier alpha value is -0.590. The third-order valence-corrected chi connectivity index (χ3v) is 2.17. The first-order valence-electron chi connectivity index (χ1n) is 4.08. The van der Waals surface area contributed by atoms with Crippen LogP contribution in [0.15, 0.2) is 0 Å². The number of rotatable bonds is 1. The first-order valence-corrected chi connectivity index (χ1v) is 4.08. The first kappa shape index (κ1) is 8.51. The molecule has 1 saturated heterocycles. The average molecular weight is 153 g/mol. The summed E-state index contributed by atoms with van der Waals surface area (Å²) in [5.74, 6) is 0. The van der Waals surface area contributed by atoms with Crippen LogP contribution in [0.4, 0.5) is 0 Å². The fourth-order valence-electron chi connectivity index (χ4n) is 1.41. The smallest absolute Gasteiger partial charge is 0.0869 e. The maximum Gasteiger partial charge on any atom is 0.0869 e. The van der Waals surface area contributed by atoms with Gasteiger partial charge >= 0.3 is 0 Å². The van der Waals surface area contributed by atoms with Crippen LogP contribution in [0.25, 0.3) is 0 Å². The van der Waals surface area contributed by atoms with Crippen LogP contribution in [-0.2, 0) is 0 Å². The highest BCUT2D eigenvalue weighted by atomic mass is 15.2. The summed E-state index contributed by atoms with van der Waals surface area (Å²) in [5, 5.41) is 11.9. The first-order chi connectivity index (χ1) is 5.24. The monoisotopic (exact) mass is 153 g/mol. The lowest BCUT2D eigenvalue weighted by Crippen LogP contribution is -2.54. The van der Waals surface area contributed by atoms with Gasteiger partial charge in [0, 0.05) is 25.2 Å². The molecule has 0 amide bonds. The van der Waals surface area contributed by atoms with Crippen LogP contribution in [0.3, 0.4) is 0 Å². The SMILES string of the molecule is CC1CN(CC#N)C(C)CN1. The Morgan fingerprint density at radius 3 is 3.00 bits per heavy atom. The predicted octanol–water partition coefficient (Wildman–Crippen LogP) is 0.192. The average Bonchev–Trinajstić information content (AvgIpc) is 1.98. The molecule has 0 aromatic heterocycles. The van der Waals surface area contributed by atoms with Crippen LogP contribution in [0.2, 0.25) is 0 Å². The van der Waals surface area contributed by atoms with E-state index in [9.17, 15) is 0 Å².